The van der Waals surface area contributed by atoms with Crippen LogP contribution in [-0.2, 0) is 25.9 Å². The van der Waals surface area contributed by atoms with Crippen molar-refractivity contribution in [3.63, 3.8) is 0 Å². The number of aliphatic imine (C=N–C) groups is 1. The second-order valence-corrected chi connectivity index (χ2v) is 7.05. The molecule has 2 N–H and O–H groups in total. The summed E-state index contributed by atoms with van der Waals surface area (Å²) < 4.78 is 13.8. The molecule has 0 aliphatic carbocycles. The Hall–Kier alpha value is -2.77. The summed E-state index contributed by atoms with van der Waals surface area (Å²) in [6.45, 7) is 11.7. The molecule has 1 aromatic heterocycles. The maximum Gasteiger partial charge on any atom is 0.191 e. The smallest absolute Gasteiger partial charge is 0.191 e. The number of hydrogen-bond donors (Lipinski definition) is 2. The molecule has 0 spiro atoms. The van der Waals surface area contributed by atoms with Gasteiger partial charge in [0.05, 0.1) is 13.2 Å². The van der Waals surface area contributed by atoms with E-state index in [-0.39, 0.29) is 6.10 Å². The van der Waals surface area contributed by atoms with Crippen molar-refractivity contribution in [1.82, 2.24) is 25.4 Å². The third-order valence-electron chi connectivity index (χ3n) is 4.79. The van der Waals surface area contributed by atoms with Crippen LogP contribution in [0.25, 0.3) is 0 Å². The van der Waals surface area contributed by atoms with Crippen molar-refractivity contribution in [2.24, 2.45) is 4.99 Å². The van der Waals surface area contributed by atoms with Gasteiger partial charge in [-0.05, 0) is 32.9 Å². The van der Waals surface area contributed by atoms with Crippen molar-refractivity contribution in [3.05, 3.63) is 35.4 Å². The molecule has 1 aliphatic rings. The van der Waals surface area contributed by atoms with Gasteiger partial charge in [0.1, 0.15) is 29.8 Å². The molecule has 1 aliphatic heterocycles. The highest BCUT2D eigenvalue weighted by Crippen LogP contribution is 2.35. The highest BCUT2D eigenvalue weighted by atomic mass is 16.5. The molecule has 1 atom stereocenters. The Balaban J connectivity index is 1.67. The van der Waals surface area contributed by atoms with Gasteiger partial charge in [-0.25, -0.2) is 4.99 Å². The highest BCUT2D eigenvalue weighted by molar-refractivity contribution is 5.79. The molecule has 0 saturated carbocycles. The van der Waals surface area contributed by atoms with Gasteiger partial charge in [0.25, 0.3) is 0 Å². The van der Waals surface area contributed by atoms with Crippen LogP contribution in [0.3, 0.4) is 0 Å². The van der Waals surface area contributed by atoms with Crippen LogP contribution in [0.4, 0.5) is 0 Å². The van der Waals surface area contributed by atoms with E-state index in [9.17, 15) is 0 Å². The molecule has 3 rings (SSSR count). The molecular formula is C21H32N6O2. The first-order chi connectivity index (χ1) is 14.1. The zero-order chi connectivity index (χ0) is 20.6. The Bertz CT molecular complexity index is 833. The lowest BCUT2D eigenvalue weighted by molar-refractivity contribution is 0.254. The number of rotatable bonds is 9. The van der Waals surface area contributed by atoms with Gasteiger partial charge in [-0.3, -0.25) is 0 Å². The maximum atomic E-state index is 5.91. The molecule has 0 amide bonds. The fourth-order valence-corrected chi connectivity index (χ4v) is 3.44. The van der Waals surface area contributed by atoms with Crippen molar-refractivity contribution in [1.29, 1.82) is 0 Å². The third-order valence-corrected chi connectivity index (χ3v) is 4.79. The molecule has 2 aromatic rings. The van der Waals surface area contributed by atoms with Crippen LogP contribution in [0.1, 0.15) is 44.6 Å². The molecule has 29 heavy (non-hydrogen) atoms. The van der Waals surface area contributed by atoms with Crippen molar-refractivity contribution in [2.45, 2.75) is 59.7 Å². The van der Waals surface area contributed by atoms with E-state index in [1.54, 1.807) is 6.33 Å². The number of aryl methyl sites for hydroxylation is 1. The van der Waals surface area contributed by atoms with Gasteiger partial charge in [-0.2, -0.15) is 0 Å². The quantitative estimate of drug-likeness (QED) is 0.496. The van der Waals surface area contributed by atoms with Gasteiger partial charge in [-0.1, -0.05) is 6.92 Å². The van der Waals surface area contributed by atoms with Crippen LogP contribution in [-0.4, -0.2) is 46.5 Å². The molecule has 2 heterocycles. The number of aromatic nitrogens is 3. The van der Waals surface area contributed by atoms with E-state index in [2.05, 4.69) is 58.3 Å². The molecule has 1 unspecified atom stereocenters. The molecule has 8 heteroatoms. The summed E-state index contributed by atoms with van der Waals surface area (Å²) in [5.41, 5.74) is 2.24. The minimum absolute atomic E-state index is 0.211. The second-order valence-electron chi connectivity index (χ2n) is 7.05. The Morgan fingerprint density at radius 3 is 2.93 bits per heavy atom. The zero-order valence-electron chi connectivity index (χ0n) is 17.9. The highest BCUT2D eigenvalue weighted by Gasteiger charge is 2.21. The Morgan fingerprint density at radius 2 is 2.17 bits per heavy atom. The number of guanidine groups is 1. The average molecular weight is 401 g/mol. The number of benzene rings is 1. The standard InChI is InChI=1S/C21H32N6O2/c1-5-20-26-25-14-27(20)9-8-23-21(22-6-2)24-13-17-12-19-16(10-15(4)29-19)11-18(17)28-7-3/h11-12,14-15H,5-10,13H2,1-4H3,(H2,22,23,24). The molecule has 0 fully saturated rings. The Kier molecular flexibility index (Phi) is 7.32. The van der Waals surface area contributed by atoms with E-state index < -0.39 is 0 Å². The minimum atomic E-state index is 0.211. The van der Waals surface area contributed by atoms with E-state index in [1.807, 2.05) is 6.92 Å². The third kappa shape index (κ3) is 5.40. The zero-order valence-corrected chi connectivity index (χ0v) is 17.9. The van der Waals surface area contributed by atoms with Gasteiger partial charge in [0.2, 0.25) is 0 Å². The lowest BCUT2D eigenvalue weighted by Crippen LogP contribution is -2.38. The largest absolute Gasteiger partial charge is 0.494 e. The van der Waals surface area contributed by atoms with Gasteiger partial charge in [0, 0.05) is 43.6 Å². The Morgan fingerprint density at radius 1 is 1.31 bits per heavy atom. The minimum Gasteiger partial charge on any atom is -0.494 e. The summed E-state index contributed by atoms with van der Waals surface area (Å²) in [6, 6.07) is 4.17. The van der Waals surface area contributed by atoms with E-state index in [4.69, 9.17) is 14.5 Å². The van der Waals surface area contributed by atoms with Crippen LogP contribution < -0.4 is 20.1 Å². The first-order valence-electron chi connectivity index (χ1n) is 10.5. The Labute approximate surface area is 172 Å². The van der Waals surface area contributed by atoms with Gasteiger partial charge >= 0.3 is 0 Å². The summed E-state index contributed by atoms with van der Waals surface area (Å²) >= 11 is 0. The number of nitrogens with zero attached hydrogens (tertiary/aromatic N) is 4. The number of hydrogen-bond acceptors (Lipinski definition) is 5. The topological polar surface area (TPSA) is 85.6 Å². The predicted octanol–water partition coefficient (Wildman–Crippen LogP) is 2.32. The van der Waals surface area contributed by atoms with Crippen molar-refractivity contribution in [2.75, 3.05) is 19.7 Å². The molecule has 8 nitrogen and oxygen atoms in total. The summed E-state index contributed by atoms with van der Waals surface area (Å²) in [7, 11) is 0. The lowest BCUT2D eigenvalue weighted by Gasteiger charge is -2.14. The number of ether oxygens (including phenoxy) is 2. The summed E-state index contributed by atoms with van der Waals surface area (Å²) in [6.07, 6.45) is 3.77. The van der Waals surface area contributed by atoms with Crippen molar-refractivity contribution < 1.29 is 9.47 Å². The van der Waals surface area contributed by atoms with E-state index in [0.717, 1.165) is 61.3 Å². The first-order valence-corrected chi connectivity index (χ1v) is 10.5. The molecule has 1 aromatic carbocycles. The molecular weight excluding hydrogens is 368 g/mol. The van der Waals surface area contributed by atoms with Crippen LogP contribution in [0, 0.1) is 0 Å². The number of fused-ring (bicyclic) bond motifs is 1. The first kappa shape index (κ1) is 21.0. The average Bonchev–Trinajstić information content (AvgIpc) is 3.30. The van der Waals surface area contributed by atoms with Gasteiger partial charge in [-0.15, -0.1) is 10.2 Å². The van der Waals surface area contributed by atoms with Gasteiger partial charge < -0.3 is 24.7 Å². The monoisotopic (exact) mass is 400 g/mol. The van der Waals surface area contributed by atoms with E-state index >= 15 is 0 Å². The van der Waals surface area contributed by atoms with Crippen LogP contribution in [0.2, 0.25) is 0 Å². The molecule has 158 valence electrons. The fourth-order valence-electron chi connectivity index (χ4n) is 3.44. The van der Waals surface area contributed by atoms with E-state index in [1.165, 1.54) is 5.56 Å². The number of nitrogens with one attached hydrogen (secondary N) is 2. The van der Waals surface area contributed by atoms with Crippen molar-refractivity contribution >= 4 is 5.96 Å². The second kappa shape index (κ2) is 10.1. The summed E-state index contributed by atoms with van der Waals surface area (Å²) in [4.78, 5) is 4.75. The predicted molar refractivity (Wildman–Crippen MR) is 114 cm³/mol. The maximum absolute atomic E-state index is 5.91. The fraction of sp³-hybridized carbons (Fsp3) is 0.571. The normalized spacial score (nSPS) is 15.7. The summed E-state index contributed by atoms with van der Waals surface area (Å²) in [5, 5.41) is 14.8. The summed E-state index contributed by atoms with van der Waals surface area (Å²) in [5.74, 6) is 3.60. The van der Waals surface area contributed by atoms with Crippen LogP contribution >= 0.6 is 0 Å². The molecule has 0 bridgehead atoms. The molecule has 0 saturated heterocycles. The van der Waals surface area contributed by atoms with E-state index in [0.29, 0.717) is 13.2 Å². The van der Waals surface area contributed by atoms with Crippen molar-refractivity contribution in [3.8, 4) is 11.5 Å². The molecule has 0 radical (unpaired) electrons. The lowest BCUT2D eigenvalue weighted by atomic mass is 10.1. The van der Waals surface area contributed by atoms with Gasteiger partial charge in [0.15, 0.2) is 5.96 Å². The SMILES string of the molecule is CCNC(=NCc1cc2c(cc1OCC)CC(C)O2)NCCn1cnnc1CC. The van der Waals surface area contributed by atoms with Crippen LogP contribution in [0.15, 0.2) is 23.5 Å². The van der Waals surface area contributed by atoms with Crippen LogP contribution in [0.5, 0.6) is 11.5 Å².